The van der Waals surface area contributed by atoms with E-state index in [0.29, 0.717) is 0 Å². The highest BCUT2D eigenvalue weighted by Gasteiger charge is 2.47. The van der Waals surface area contributed by atoms with Gasteiger partial charge in [-0.3, -0.25) is 13.6 Å². The molecule has 0 saturated heterocycles. The fraction of sp³-hybridized carbons (Fsp3) is 0.500. The van der Waals surface area contributed by atoms with Crippen molar-refractivity contribution in [3.8, 4) is 0 Å². The Hall–Kier alpha value is -0.590. The number of phosphoric acid groups is 1. The molecule has 120 valence electrons. The smallest absolute Gasteiger partial charge is 0.287 e. The van der Waals surface area contributed by atoms with E-state index < -0.39 is 20.1 Å². The average Bonchev–Trinajstić information content (AvgIpc) is 2.37. The first-order valence-electron chi connectivity index (χ1n) is 6.11. The van der Waals surface area contributed by atoms with Crippen molar-refractivity contribution in [2.75, 3.05) is 13.2 Å². The van der Waals surface area contributed by atoms with Crippen molar-refractivity contribution < 1.29 is 31.3 Å². The highest BCUT2D eigenvalue weighted by Crippen LogP contribution is 2.56. The zero-order chi connectivity index (χ0) is 16.1. The topological polar surface area (TPSA) is 44.8 Å². The highest BCUT2D eigenvalue weighted by molar-refractivity contribution is 7.48. The zero-order valence-electron chi connectivity index (χ0n) is 11.4. The van der Waals surface area contributed by atoms with E-state index in [0.717, 1.165) is 12.1 Å². The molecule has 0 aliphatic rings. The Bertz CT molecular complexity index is 482. The van der Waals surface area contributed by atoms with Gasteiger partial charge in [-0.1, -0.05) is 23.7 Å². The number of phosphoric ester groups is 1. The maximum Gasteiger partial charge on any atom is 0.475 e. The van der Waals surface area contributed by atoms with Gasteiger partial charge < -0.3 is 0 Å². The van der Waals surface area contributed by atoms with Crippen LogP contribution in [0.25, 0.3) is 0 Å². The Morgan fingerprint density at radius 2 is 1.62 bits per heavy atom. The predicted octanol–water partition coefficient (Wildman–Crippen LogP) is 5.14. The summed E-state index contributed by atoms with van der Waals surface area (Å²) in [6.45, 7) is 2.73. The van der Waals surface area contributed by atoms with Gasteiger partial charge >= 0.3 is 14.0 Å². The number of hydrogen-bond donors (Lipinski definition) is 0. The normalized spacial score (nSPS) is 14.2. The molecule has 0 heterocycles. The number of hydrogen-bond acceptors (Lipinski definition) is 4. The quantitative estimate of drug-likeness (QED) is 0.641. The second kappa shape index (κ2) is 7.61. The molecule has 1 aromatic carbocycles. The Labute approximate surface area is 125 Å². The highest BCUT2D eigenvalue weighted by atomic mass is 35.5. The van der Waals surface area contributed by atoms with Crippen molar-refractivity contribution in [3.05, 3.63) is 34.9 Å². The fourth-order valence-corrected chi connectivity index (χ4v) is 2.94. The summed E-state index contributed by atoms with van der Waals surface area (Å²) in [7, 11) is -4.30. The van der Waals surface area contributed by atoms with Crippen LogP contribution in [-0.2, 0) is 18.1 Å². The van der Waals surface area contributed by atoms with Gasteiger partial charge in [0.05, 0.1) is 13.2 Å². The summed E-state index contributed by atoms with van der Waals surface area (Å²) in [6, 6.07) is 4.85. The Kier molecular flexibility index (Phi) is 6.69. The first-order valence-corrected chi connectivity index (χ1v) is 7.95. The van der Waals surface area contributed by atoms with Gasteiger partial charge in [-0.05, 0) is 31.5 Å². The second-order valence-corrected chi connectivity index (χ2v) is 5.92. The standard InChI is InChI=1S/C12H15ClF3O4P/c1-3-18-21(17,19-4-2)20-11(12(14,15)16)9-5-7-10(13)8-6-9/h5-8,11H,3-4H2,1-2H3. The van der Waals surface area contributed by atoms with Crippen molar-refractivity contribution in [3.63, 3.8) is 0 Å². The minimum Gasteiger partial charge on any atom is -0.287 e. The third kappa shape index (κ3) is 5.60. The van der Waals surface area contributed by atoms with Gasteiger partial charge in [-0.2, -0.15) is 13.2 Å². The lowest BCUT2D eigenvalue weighted by Gasteiger charge is -2.25. The van der Waals surface area contributed by atoms with Gasteiger partial charge in [0.2, 0.25) is 0 Å². The summed E-state index contributed by atoms with van der Waals surface area (Å²) in [5.41, 5.74) is -0.244. The monoisotopic (exact) mass is 346 g/mol. The summed E-state index contributed by atoms with van der Waals surface area (Å²) in [4.78, 5) is 0. The van der Waals surface area contributed by atoms with Crippen molar-refractivity contribution in [1.29, 1.82) is 0 Å². The van der Waals surface area contributed by atoms with Crippen LogP contribution in [0.15, 0.2) is 24.3 Å². The van der Waals surface area contributed by atoms with Crippen LogP contribution in [0.5, 0.6) is 0 Å². The van der Waals surface area contributed by atoms with Crippen LogP contribution in [0.4, 0.5) is 13.2 Å². The van der Waals surface area contributed by atoms with Crippen LogP contribution in [-0.4, -0.2) is 19.4 Å². The molecule has 0 fully saturated rings. The molecule has 1 rings (SSSR count). The Balaban J connectivity index is 3.09. The van der Waals surface area contributed by atoms with Gasteiger partial charge in [0.1, 0.15) is 0 Å². The van der Waals surface area contributed by atoms with Crippen molar-refractivity contribution in [1.82, 2.24) is 0 Å². The first kappa shape index (κ1) is 18.5. The lowest BCUT2D eigenvalue weighted by atomic mass is 10.1. The molecule has 0 amide bonds. The zero-order valence-corrected chi connectivity index (χ0v) is 13.0. The fourth-order valence-electron chi connectivity index (χ4n) is 1.49. The molecule has 1 atom stereocenters. The number of alkyl halides is 3. The summed E-state index contributed by atoms with van der Waals surface area (Å²) in [6.07, 6.45) is -7.21. The van der Waals surface area contributed by atoms with E-state index in [2.05, 4.69) is 4.52 Å². The van der Waals surface area contributed by atoms with Crippen molar-refractivity contribution >= 4 is 19.4 Å². The molecular weight excluding hydrogens is 332 g/mol. The van der Waals surface area contributed by atoms with Gasteiger partial charge in [0.25, 0.3) is 0 Å². The molecule has 0 spiro atoms. The van der Waals surface area contributed by atoms with Gasteiger partial charge in [0.15, 0.2) is 6.10 Å². The molecule has 1 unspecified atom stereocenters. The summed E-state index contributed by atoms with van der Waals surface area (Å²) in [5.74, 6) is 0. The Morgan fingerprint density at radius 3 is 2.00 bits per heavy atom. The maximum atomic E-state index is 13.1. The third-order valence-electron chi connectivity index (χ3n) is 2.28. The maximum absolute atomic E-state index is 13.1. The molecule has 0 aliphatic carbocycles. The molecular formula is C12H15ClF3O4P. The summed E-state index contributed by atoms with van der Waals surface area (Å²) < 4.78 is 65.6. The largest absolute Gasteiger partial charge is 0.475 e. The van der Waals surface area contributed by atoms with Crippen LogP contribution >= 0.6 is 19.4 Å². The molecule has 0 saturated carbocycles. The Morgan fingerprint density at radius 1 is 1.14 bits per heavy atom. The molecule has 0 aromatic heterocycles. The SMILES string of the molecule is CCOP(=O)(OCC)OC(c1ccc(Cl)cc1)C(F)(F)F. The molecule has 1 aromatic rings. The van der Waals surface area contributed by atoms with Crippen LogP contribution < -0.4 is 0 Å². The molecule has 4 nitrogen and oxygen atoms in total. The lowest BCUT2D eigenvalue weighted by Crippen LogP contribution is -2.23. The predicted molar refractivity (Wildman–Crippen MR) is 72.2 cm³/mol. The average molecular weight is 347 g/mol. The van der Waals surface area contributed by atoms with Gasteiger partial charge in [0, 0.05) is 5.02 Å². The lowest BCUT2D eigenvalue weighted by molar-refractivity contribution is -0.203. The van der Waals surface area contributed by atoms with Crippen molar-refractivity contribution in [2.24, 2.45) is 0 Å². The van der Waals surface area contributed by atoms with Crippen molar-refractivity contribution in [2.45, 2.75) is 26.1 Å². The number of halogens is 4. The van der Waals surface area contributed by atoms with Gasteiger partial charge in [-0.15, -0.1) is 0 Å². The molecule has 0 bridgehead atoms. The van der Waals surface area contributed by atoms with Crippen LogP contribution in [0, 0.1) is 0 Å². The minimum atomic E-state index is -4.78. The first-order chi connectivity index (χ1) is 9.72. The third-order valence-corrected chi connectivity index (χ3v) is 4.15. The number of benzene rings is 1. The molecule has 0 radical (unpaired) electrons. The molecule has 9 heteroatoms. The van der Waals surface area contributed by atoms with Crippen LogP contribution in [0.3, 0.4) is 0 Å². The van der Waals surface area contributed by atoms with E-state index in [-0.39, 0.29) is 23.8 Å². The van der Waals surface area contributed by atoms with Crippen LogP contribution in [0.1, 0.15) is 25.5 Å². The molecule has 0 aliphatic heterocycles. The van der Waals surface area contributed by atoms with E-state index in [9.17, 15) is 17.7 Å². The van der Waals surface area contributed by atoms with E-state index in [4.69, 9.17) is 20.6 Å². The van der Waals surface area contributed by atoms with E-state index in [1.807, 2.05) is 0 Å². The second-order valence-electron chi connectivity index (χ2n) is 3.86. The molecule has 0 N–H and O–H groups in total. The summed E-state index contributed by atoms with van der Waals surface area (Å²) >= 11 is 5.64. The van der Waals surface area contributed by atoms with Gasteiger partial charge in [-0.25, -0.2) is 4.57 Å². The number of rotatable bonds is 7. The van der Waals surface area contributed by atoms with Crippen LogP contribution in [0.2, 0.25) is 5.02 Å². The van der Waals surface area contributed by atoms with E-state index >= 15 is 0 Å². The molecule has 21 heavy (non-hydrogen) atoms. The van der Waals surface area contributed by atoms with E-state index in [1.165, 1.54) is 26.0 Å². The van der Waals surface area contributed by atoms with E-state index in [1.54, 1.807) is 0 Å². The summed E-state index contributed by atoms with van der Waals surface area (Å²) in [5, 5.41) is 0.275. The minimum absolute atomic E-state index is 0.109.